The molecular formula is C24H31N3O4. The van der Waals surface area contributed by atoms with Crippen LogP contribution in [-0.4, -0.2) is 47.8 Å². The number of hydrogen-bond donors (Lipinski definition) is 2. The molecule has 3 rings (SSSR count). The zero-order chi connectivity index (χ0) is 22.4. The number of furan rings is 1. The molecular weight excluding hydrogens is 394 g/mol. The maximum Gasteiger partial charge on any atom is 0.289 e. The van der Waals surface area contributed by atoms with E-state index >= 15 is 0 Å². The van der Waals surface area contributed by atoms with Crippen molar-refractivity contribution in [1.82, 2.24) is 15.5 Å². The summed E-state index contributed by atoms with van der Waals surface area (Å²) in [5.41, 5.74) is 1.43. The van der Waals surface area contributed by atoms with E-state index < -0.39 is 6.04 Å². The summed E-state index contributed by atoms with van der Waals surface area (Å²) in [4.78, 5) is 40.3. The Morgan fingerprint density at radius 3 is 2.42 bits per heavy atom. The van der Waals surface area contributed by atoms with Crippen molar-refractivity contribution in [3.63, 3.8) is 0 Å². The molecule has 1 aliphatic heterocycles. The number of nitrogens with one attached hydrogen (secondary N) is 2. The van der Waals surface area contributed by atoms with Gasteiger partial charge in [0.05, 0.1) is 6.26 Å². The summed E-state index contributed by atoms with van der Waals surface area (Å²) in [7, 11) is 0. The summed E-state index contributed by atoms with van der Waals surface area (Å²) in [6.45, 7) is 6.85. The van der Waals surface area contributed by atoms with Crippen molar-refractivity contribution < 1.29 is 18.8 Å². The maximum absolute atomic E-state index is 13.0. The van der Waals surface area contributed by atoms with Crippen LogP contribution in [0, 0.1) is 12.8 Å². The van der Waals surface area contributed by atoms with E-state index in [9.17, 15) is 14.4 Å². The second kappa shape index (κ2) is 10.3. The Morgan fingerprint density at radius 1 is 1.10 bits per heavy atom. The van der Waals surface area contributed by atoms with E-state index in [-0.39, 0.29) is 29.7 Å². The van der Waals surface area contributed by atoms with Gasteiger partial charge in [-0.3, -0.25) is 14.4 Å². The number of rotatable bonds is 7. The van der Waals surface area contributed by atoms with Crippen LogP contribution in [0.3, 0.4) is 0 Å². The Hall–Kier alpha value is -3.09. The number of piperidine rings is 1. The quantitative estimate of drug-likeness (QED) is 0.713. The lowest BCUT2D eigenvalue weighted by molar-refractivity contribution is -0.125. The Balaban J connectivity index is 1.71. The molecule has 7 heteroatoms. The minimum atomic E-state index is -0.651. The SMILES string of the molecule is CC[C@@H](C)NC(=O)[C@@H](NC(=O)c1ccccc1C)C1CCN(C(=O)c2ccco2)CC1. The predicted octanol–water partition coefficient (Wildman–Crippen LogP) is 3.15. The topological polar surface area (TPSA) is 91.7 Å². The number of aryl methyl sites for hydroxylation is 1. The molecule has 0 bridgehead atoms. The highest BCUT2D eigenvalue weighted by Crippen LogP contribution is 2.23. The smallest absolute Gasteiger partial charge is 0.289 e. The van der Waals surface area contributed by atoms with Gasteiger partial charge >= 0.3 is 0 Å². The maximum atomic E-state index is 13.0. The third kappa shape index (κ3) is 5.54. The normalized spacial score (nSPS) is 16.4. The molecule has 1 aromatic carbocycles. The molecule has 2 heterocycles. The van der Waals surface area contributed by atoms with Gasteiger partial charge in [0.1, 0.15) is 6.04 Å². The van der Waals surface area contributed by atoms with E-state index in [1.165, 1.54) is 6.26 Å². The Labute approximate surface area is 183 Å². The van der Waals surface area contributed by atoms with Crippen LogP contribution in [0.4, 0.5) is 0 Å². The highest BCUT2D eigenvalue weighted by atomic mass is 16.3. The van der Waals surface area contributed by atoms with Crippen LogP contribution < -0.4 is 10.6 Å². The Kier molecular flexibility index (Phi) is 7.50. The van der Waals surface area contributed by atoms with Crippen molar-refractivity contribution in [2.75, 3.05) is 13.1 Å². The van der Waals surface area contributed by atoms with Crippen molar-refractivity contribution in [1.29, 1.82) is 0 Å². The molecule has 1 aromatic heterocycles. The first-order valence-corrected chi connectivity index (χ1v) is 10.9. The van der Waals surface area contributed by atoms with Crippen molar-refractivity contribution >= 4 is 17.7 Å². The molecule has 0 radical (unpaired) electrons. The second-order valence-corrected chi connectivity index (χ2v) is 8.19. The molecule has 0 aliphatic carbocycles. The molecule has 3 amide bonds. The fourth-order valence-corrected chi connectivity index (χ4v) is 3.87. The average Bonchev–Trinajstić information content (AvgIpc) is 3.32. The van der Waals surface area contributed by atoms with E-state index in [1.54, 1.807) is 23.1 Å². The van der Waals surface area contributed by atoms with Crippen LogP contribution in [0.15, 0.2) is 47.1 Å². The zero-order valence-corrected chi connectivity index (χ0v) is 18.4. The molecule has 166 valence electrons. The van der Waals surface area contributed by atoms with Crippen LogP contribution >= 0.6 is 0 Å². The number of hydrogen-bond acceptors (Lipinski definition) is 4. The van der Waals surface area contributed by atoms with Crippen molar-refractivity contribution in [2.45, 2.75) is 52.1 Å². The van der Waals surface area contributed by atoms with E-state index in [0.717, 1.165) is 12.0 Å². The van der Waals surface area contributed by atoms with Gasteiger partial charge < -0.3 is 20.0 Å². The molecule has 1 saturated heterocycles. The van der Waals surface area contributed by atoms with Gasteiger partial charge in [-0.05, 0) is 62.8 Å². The van der Waals surface area contributed by atoms with Crippen molar-refractivity contribution in [2.24, 2.45) is 5.92 Å². The summed E-state index contributed by atoms with van der Waals surface area (Å²) >= 11 is 0. The molecule has 0 saturated carbocycles. The second-order valence-electron chi connectivity index (χ2n) is 8.19. The summed E-state index contributed by atoms with van der Waals surface area (Å²) < 4.78 is 5.22. The summed E-state index contributed by atoms with van der Waals surface area (Å²) in [5.74, 6) is -0.313. The molecule has 2 atom stereocenters. The molecule has 0 spiro atoms. The number of amides is 3. The minimum absolute atomic E-state index is 0.0194. The molecule has 0 unspecified atom stereocenters. The van der Waals surface area contributed by atoms with Gasteiger partial charge in [0.15, 0.2) is 5.76 Å². The molecule has 2 aromatic rings. The monoisotopic (exact) mass is 425 g/mol. The van der Waals surface area contributed by atoms with Gasteiger partial charge in [-0.15, -0.1) is 0 Å². The number of likely N-dealkylation sites (tertiary alicyclic amines) is 1. The number of benzene rings is 1. The summed E-state index contributed by atoms with van der Waals surface area (Å²) in [5, 5.41) is 5.98. The van der Waals surface area contributed by atoms with Crippen molar-refractivity contribution in [3.05, 3.63) is 59.5 Å². The Bertz CT molecular complexity index is 901. The molecule has 1 aliphatic rings. The fourth-order valence-electron chi connectivity index (χ4n) is 3.87. The minimum Gasteiger partial charge on any atom is -0.459 e. The third-order valence-electron chi connectivity index (χ3n) is 5.99. The van der Waals surface area contributed by atoms with Crippen LogP contribution in [-0.2, 0) is 4.79 Å². The first-order valence-electron chi connectivity index (χ1n) is 10.9. The van der Waals surface area contributed by atoms with E-state index in [0.29, 0.717) is 37.3 Å². The third-order valence-corrected chi connectivity index (χ3v) is 5.99. The molecule has 1 fully saturated rings. The number of carbonyl (C=O) groups is 3. The highest BCUT2D eigenvalue weighted by Gasteiger charge is 2.35. The van der Waals surface area contributed by atoms with Gasteiger partial charge in [0.2, 0.25) is 5.91 Å². The summed E-state index contributed by atoms with van der Waals surface area (Å²) in [6, 6.07) is 10.0. The van der Waals surface area contributed by atoms with Gasteiger partial charge in [-0.1, -0.05) is 25.1 Å². The predicted molar refractivity (Wildman–Crippen MR) is 118 cm³/mol. The van der Waals surface area contributed by atoms with Crippen LogP contribution in [0.5, 0.6) is 0 Å². The Morgan fingerprint density at radius 2 is 1.81 bits per heavy atom. The van der Waals surface area contributed by atoms with Gasteiger partial charge in [0, 0.05) is 24.7 Å². The first-order chi connectivity index (χ1) is 14.9. The van der Waals surface area contributed by atoms with Gasteiger partial charge in [0.25, 0.3) is 11.8 Å². The van der Waals surface area contributed by atoms with Crippen molar-refractivity contribution in [3.8, 4) is 0 Å². The number of carbonyl (C=O) groups excluding carboxylic acids is 3. The average molecular weight is 426 g/mol. The van der Waals surface area contributed by atoms with E-state index in [1.807, 2.05) is 39.0 Å². The molecule has 7 nitrogen and oxygen atoms in total. The van der Waals surface area contributed by atoms with Crippen LogP contribution in [0.25, 0.3) is 0 Å². The zero-order valence-electron chi connectivity index (χ0n) is 18.4. The molecule has 2 N–H and O–H groups in total. The van der Waals surface area contributed by atoms with E-state index in [2.05, 4.69) is 10.6 Å². The lowest BCUT2D eigenvalue weighted by Gasteiger charge is -2.36. The van der Waals surface area contributed by atoms with Crippen LogP contribution in [0.2, 0.25) is 0 Å². The van der Waals surface area contributed by atoms with E-state index in [4.69, 9.17) is 4.42 Å². The number of nitrogens with zero attached hydrogens (tertiary/aromatic N) is 1. The lowest BCUT2D eigenvalue weighted by atomic mass is 9.88. The summed E-state index contributed by atoms with van der Waals surface area (Å²) in [6.07, 6.45) is 3.54. The lowest BCUT2D eigenvalue weighted by Crippen LogP contribution is -2.55. The largest absolute Gasteiger partial charge is 0.459 e. The van der Waals surface area contributed by atoms with Crippen LogP contribution in [0.1, 0.15) is 59.6 Å². The molecule has 31 heavy (non-hydrogen) atoms. The van der Waals surface area contributed by atoms with Gasteiger partial charge in [-0.2, -0.15) is 0 Å². The van der Waals surface area contributed by atoms with Gasteiger partial charge in [-0.25, -0.2) is 0 Å². The highest BCUT2D eigenvalue weighted by molar-refractivity contribution is 5.98. The standard InChI is InChI=1S/C24H31N3O4/c1-4-17(3)25-23(29)21(26-22(28)19-9-6-5-8-16(19)2)18-11-13-27(14-12-18)24(30)20-10-7-15-31-20/h5-10,15,17-18,21H,4,11-14H2,1-3H3,(H,25,29)(H,26,28)/t17-,21+/m1/s1. The first kappa shape index (κ1) is 22.6. The fraction of sp³-hybridized carbons (Fsp3) is 0.458.